The topological polar surface area (TPSA) is 63.3 Å². The van der Waals surface area contributed by atoms with Crippen LogP contribution in [0.25, 0.3) is 0 Å². The summed E-state index contributed by atoms with van der Waals surface area (Å²) in [5.74, 6) is -0.782. The number of nitrogens with two attached hydrogens (primary N) is 1. The van der Waals surface area contributed by atoms with Gasteiger partial charge in [-0.2, -0.15) is 0 Å². The van der Waals surface area contributed by atoms with Crippen molar-refractivity contribution < 1.29 is 9.90 Å². The number of carboxylic acids is 1. The Labute approximate surface area is 65.2 Å². The van der Waals surface area contributed by atoms with Gasteiger partial charge in [0.1, 0.15) is 6.04 Å². The second-order valence-corrected chi connectivity index (χ2v) is 2.50. The van der Waals surface area contributed by atoms with Gasteiger partial charge in [0.25, 0.3) is 0 Å². The molecule has 0 radical (unpaired) electrons. The van der Waals surface area contributed by atoms with Gasteiger partial charge in [0, 0.05) is 5.88 Å². The Bertz CT molecular complexity index is 114. The molecule has 0 spiro atoms. The van der Waals surface area contributed by atoms with Crippen molar-refractivity contribution in [2.45, 2.75) is 19.4 Å². The first-order chi connectivity index (χ1) is 4.63. The smallest absolute Gasteiger partial charge is 0.320 e. The largest absolute Gasteiger partial charge is 0.480 e. The Hall–Kier alpha value is -0.280. The van der Waals surface area contributed by atoms with E-state index in [-0.39, 0.29) is 5.92 Å². The van der Waals surface area contributed by atoms with Crippen molar-refractivity contribution in [2.24, 2.45) is 11.7 Å². The Morgan fingerprint density at radius 1 is 1.80 bits per heavy atom. The van der Waals surface area contributed by atoms with Crippen LogP contribution in [0.15, 0.2) is 0 Å². The maximum atomic E-state index is 10.3. The third-order valence-corrected chi connectivity index (χ3v) is 1.91. The zero-order chi connectivity index (χ0) is 8.15. The lowest BCUT2D eigenvalue weighted by Gasteiger charge is -2.14. The Kier molecular flexibility index (Phi) is 4.40. The first-order valence-electron chi connectivity index (χ1n) is 3.17. The molecule has 0 saturated carbocycles. The molecule has 0 aliphatic carbocycles. The zero-order valence-electron chi connectivity index (χ0n) is 5.88. The summed E-state index contributed by atoms with van der Waals surface area (Å²) in [6, 6.07) is -0.817. The first kappa shape index (κ1) is 9.72. The molecular formula is C6H12ClNO2. The molecule has 0 amide bonds. The van der Waals surface area contributed by atoms with Gasteiger partial charge in [0.2, 0.25) is 0 Å². The molecule has 0 heterocycles. The highest BCUT2D eigenvalue weighted by Crippen LogP contribution is 2.08. The van der Waals surface area contributed by atoms with Crippen LogP contribution in [0.4, 0.5) is 0 Å². The Balaban J connectivity index is 3.88. The van der Waals surface area contributed by atoms with Crippen LogP contribution < -0.4 is 5.73 Å². The van der Waals surface area contributed by atoms with Crippen LogP contribution in [-0.2, 0) is 4.79 Å². The summed E-state index contributed by atoms with van der Waals surface area (Å²) >= 11 is 5.46. The summed E-state index contributed by atoms with van der Waals surface area (Å²) in [5, 5.41) is 8.43. The van der Waals surface area contributed by atoms with E-state index < -0.39 is 12.0 Å². The van der Waals surface area contributed by atoms with Crippen LogP contribution in [0.3, 0.4) is 0 Å². The van der Waals surface area contributed by atoms with E-state index in [1.807, 2.05) is 6.92 Å². The van der Waals surface area contributed by atoms with Crippen molar-refractivity contribution in [2.75, 3.05) is 5.88 Å². The van der Waals surface area contributed by atoms with Gasteiger partial charge in [0.05, 0.1) is 0 Å². The number of carbonyl (C=O) groups is 1. The van der Waals surface area contributed by atoms with Gasteiger partial charge < -0.3 is 10.8 Å². The number of hydrogen-bond donors (Lipinski definition) is 2. The molecule has 10 heavy (non-hydrogen) atoms. The minimum absolute atomic E-state index is 0.112. The van der Waals surface area contributed by atoms with Gasteiger partial charge in [0.15, 0.2) is 0 Å². The van der Waals surface area contributed by atoms with Crippen LogP contribution in [0.1, 0.15) is 13.3 Å². The normalized spacial score (nSPS) is 16.3. The molecule has 3 nitrogen and oxygen atoms in total. The molecule has 0 saturated heterocycles. The first-order valence-corrected chi connectivity index (χ1v) is 3.71. The lowest BCUT2D eigenvalue weighted by atomic mass is 10.0. The van der Waals surface area contributed by atoms with E-state index in [0.29, 0.717) is 12.3 Å². The highest BCUT2D eigenvalue weighted by molar-refractivity contribution is 6.18. The highest BCUT2D eigenvalue weighted by atomic mass is 35.5. The number of alkyl halides is 1. The number of rotatable bonds is 4. The lowest BCUT2D eigenvalue weighted by Crippen LogP contribution is -2.38. The fraction of sp³-hybridized carbons (Fsp3) is 0.833. The quantitative estimate of drug-likeness (QED) is 0.602. The molecule has 0 unspecified atom stereocenters. The second-order valence-electron chi connectivity index (χ2n) is 2.19. The number of aliphatic carboxylic acids is 1. The Morgan fingerprint density at radius 2 is 2.30 bits per heavy atom. The summed E-state index contributed by atoms with van der Waals surface area (Å²) in [5.41, 5.74) is 5.30. The van der Waals surface area contributed by atoms with E-state index in [2.05, 4.69) is 0 Å². The molecule has 0 aliphatic rings. The molecule has 0 rings (SSSR count). The van der Waals surface area contributed by atoms with E-state index in [9.17, 15) is 4.79 Å². The fourth-order valence-electron chi connectivity index (χ4n) is 0.661. The van der Waals surface area contributed by atoms with E-state index in [4.69, 9.17) is 22.4 Å². The summed E-state index contributed by atoms with van der Waals surface area (Å²) in [6.45, 7) is 1.87. The minimum Gasteiger partial charge on any atom is -0.480 e. The standard InChI is InChI=1S/C6H12ClNO2/c1-2-4(3-7)5(8)6(9)10/h4-5H,2-3,8H2,1H3,(H,9,10)/t4-,5+/m1/s1. The van der Waals surface area contributed by atoms with Crippen molar-refractivity contribution in [3.8, 4) is 0 Å². The van der Waals surface area contributed by atoms with Gasteiger partial charge in [-0.05, 0) is 5.92 Å². The van der Waals surface area contributed by atoms with E-state index in [1.54, 1.807) is 0 Å². The maximum absolute atomic E-state index is 10.3. The van der Waals surface area contributed by atoms with Crippen LogP contribution >= 0.6 is 11.6 Å². The Morgan fingerprint density at radius 3 is 2.40 bits per heavy atom. The zero-order valence-corrected chi connectivity index (χ0v) is 6.64. The molecule has 2 atom stereocenters. The van der Waals surface area contributed by atoms with Crippen molar-refractivity contribution in [1.82, 2.24) is 0 Å². The van der Waals surface area contributed by atoms with E-state index in [1.165, 1.54) is 0 Å². The molecule has 0 fully saturated rings. The molecule has 3 N–H and O–H groups in total. The van der Waals surface area contributed by atoms with Crippen LogP contribution in [-0.4, -0.2) is 23.0 Å². The van der Waals surface area contributed by atoms with Crippen LogP contribution in [0.5, 0.6) is 0 Å². The third-order valence-electron chi connectivity index (χ3n) is 1.52. The monoisotopic (exact) mass is 165 g/mol. The molecule has 0 aromatic rings. The molecule has 0 aromatic heterocycles. The van der Waals surface area contributed by atoms with E-state index in [0.717, 1.165) is 0 Å². The molecule has 0 aliphatic heterocycles. The lowest BCUT2D eigenvalue weighted by molar-refractivity contribution is -0.139. The molecule has 0 aromatic carbocycles. The van der Waals surface area contributed by atoms with Crippen LogP contribution in [0, 0.1) is 5.92 Å². The molecular weight excluding hydrogens is 154 g/mol. The molecule has 60 valence electrons. The number of hydrogen-bond acceptors (Lipinski definition) is 2. The average Bonchev–Trinajstić information content (AvgIpc) is 1.90. The number of halogens is 1. The van der Waals surface area contributed by atoms with Gasteiger partial charge in [-0.15, -0.1) is 11.6 Å². The molecule has 0 bridgehead atoms. The second kappa shape index (κ2) is 4.52. The van der Waals surface area contributed by atoms with Crippen molar-refractivity contribution >= 4 is 17.6 Å². The molecule has 4 heteroatoms. The summed E-state index contributed by atoms with van der Waals surface area (Å²) in [7, 11) is 0. The maximum Gasteiger partial charge on any atom is 0.320 e. The predicted molar refractivity (Wildman–Crippen MR) is 40.1 cm³/mol. The average molecular weight is 166 g/mol. The summed E-state index contributed by atoms with van der Waals surface area (Å²) in [6.07, 6.45) is 0.705. The van der Waals surface area contributed by atoms with Crippen molar-refractivity contribution in [1.29, 1.82) is 0 Å². The SMILES string of the molecule is CC[C@H](CCl)[C@H](N)C(=O)O. The third kappa shape index (κ3) is 2.54. The van der Waals surface area contributed by atoms with Gasteiger partial charge in [-0.1, -0.05) is 13.3 Å². The summed E-state index contributed by atoms with van der Waals surface area (Å²) < 4.78 is 0. The minimum atomic E-state index is -0.979. The van der Waals surface area contributed by atoms with Crippen LogP contribution in [0.2, 0.25) is 0 Å². The summed E-state index contributed by atoms with van der Waals surface area (Å²) in [4.78, 5) is 10.3. The highest BCUT2D eigenvalue weighted by Gasteiger charge is 2.21. The van der Waals surface area contributed by atoms with Gasteiger partial charge in [-0.3, -0.25) is 4.79 Å². The predicted octanol–water partition coefficient (Wildman–Crippen LogP) is 0.663. The fourth-order valence-corrected chi connectivity index (χ4v) is 1.07. The number of carboxylic acid groups (broad SMARTS) is 1. The van der Waals surface area contributed by atoms with Crippen molar-refractivity contribution in [3.63, 3.8) is 0 Å². The van der Waals surface area contributed by atoms with Gasteiger partial charge in [-0.25, -0.2) is 0 Å². The van der Waals surface area contributed by atoms with Crippen molar-refractivity contribution in [3.05, 3.63) is 0 Å². The van der Waals surface area contributed by atoms with E-state index >= 15 is 0 Å². The van der Waals surface area contributed by atoms with Gasteiger partial charge >= 0.3 is 5.97 Å².